The molecule has 5 nitrogen and oxygen atoms in total. The van der Waals surface area contributed by atoms with E-state index in [1.165, 1.54) is 19.1 Å². The number of Topliss-reactive ketones (excluding diaryl/α,β-unsaturated/α-hetero) is 1. The Hall–Kier alpha value is -2.30. The molecule has 0 N–H and O–H groups in total. The maximum atomic E-state index is 11.1. The van der Waals surface area contributed by atoms with Crippen molar-refractivity contribution in [3.63, 3.8) is 0 Å². The Kier molecular flexibility index (Phi) is 2.36. The minimum absolute atomic E-state index is 0.0271. The Labute approximate surface area is 90.9 Å². The predicted molar refractivity (Wildman–Crippen MR) is 58.4 cm³/mol. The van der Waals surface area contributed by atoms with Gasteiger partial charge in [0.2, 0.25) is 0 Å². The van der Waals surface area contributed by atoms with Crippen molar-refractivity contribution in [2.75, 3.05) is 0 Å². The molecular formula is C11H8N2O3. The van der Waals surface area contributed by atoms with E-state index < -0.39 is 4.92 Å². The number of nitrogens with zero attached hydrogens (tertiary/aromatic N) is 2. The van der Waals surface area contributed by atoms with E-state index in [1.807, 2.05) is 0 Å². The molecule has 0 bridgehead atoms. The first-order valence-corrected chi connectivity index (χ1v) is 4.64. The van der Waals surface area contributed by atoms with Gasteiger partial charge in [-0.1, -0.05) is 6.07 Å². The number of hydrogen-bond donors (Lipinski definition) is 0. The summed E-state index contributed by atoms with van der Waals surface area (Å²) in [4.78, 5) is 25.3. The molecule has 0 radical (unpaired) electrons. The topological polar surface area (TPSA) is 73.1 Å². The van der Waals surface area contributed by atoms with E-state index >= 15 is 0 Å². The largest absolute Gasteiger partial charge is 0.293 e. The highest BCUT2D eigenvalue weighted by atomic mass is 16.6. The maximum absolute atomic E-state index is 11.1. The number of fused-ring (bicyclic) bond motifs is 1. The second kappa shape index (κ2) is 3.69. The number of hydrogen-bond acceptors (Lipinski definition) is 4. The Morgan fingerprint density at radius 2 is 2.00 bits per heavy atom. The summed E-state index contributed by atoms with van der Waals surface area (Å²) in [6, 6.07) is 7.73. The highest BCUT2D eigenvalue weighted by Crippen LogP contribution is 2.19. The fraction of sp³-hybridized carbons (Fsp3) is 0.0909. The Morgan fingerprint density at radius 1 is 1.31 bits per heavy atom. The SMILES string of the molecule is CC(=O)c1ccc2ccc([N+](=O)[O-])cc2n1. The molecule has 80 valence electrons. The third-order valence-corrected chi connectivity index (χ3v) is 2.25. The summed E-state index contributed by atoms with van der Waals surface area (Å²) in [5.74, 6) is -0.159. The van der Waals surface area contributed by atoms with Crippen LogP contribution in [-0.4, -0.2) is 15.7 Å². The standard InChI is InChI=1S/C11H8N2O3/c1-7(14)10-5-3-8-2-4-9(13(15)16)6-11(8)12-10/h2-6H,1H3. The summed E-state index contributed by atoms with van der Waals surface area (Å²) >= 11 is 0. The summed E-state index contributed by atoms with van der Waals surface area (Å²) in [5.41, 5.74) is 0.746. The molecule has 0 aliphatic rings. The zero-order chi connectivity index (χ0) is 11.7. The van der Waals surface area contributed by atoms with E-state index in [0.717, 1.165) is 5.39 Å². The number of aromatic nitrogens is 1. The van der Waals surface area contributed by atoms with E-state index in [9.17, 15) is 14.9 Å². The summed E-state index contributed by atoms with van der Waals surface area (Å²) < 4.78 is 0. The van der Waals surface area contributed by atoms with Gasteiger partial charge in [-0.15, -0.1) is 0 Å². The fourth-order valence-corrected chi connectivity index (χ4v) is 1.42. The van der Waals surface area contributed by atoms with Gasteiger partial charge < -0.3 is 0 Å². The molecule has 0 unspecified atom stereocenters. The normalized spacial score (nSPS) is 10.3. The Balaban J connectivity index is 2.65. The van der Waals surface area contributed by atoms with Crippen LogP contribution in [0.3, 0.4) is 0 Å². The molecule has 0 saturated carbocycles. The van der Waals surface area contributed by atoms with Gasteiger partial charge in [0.25, 0.3) is 5.69 Å². The quantitative estimate of drug-likeness (QED) is 0.438. The number of pyridine rings is 1. The molecule has 16 heavy (non-hydrogen) atoms. The van der Waals surface area contributed by atoms with Crippen LogP contribution in [0.4, 0.5) is 5.69 Å². The zero-order valence-corrected chi connectivity index (χ0v) is 8.51. The second-order valence-corrected chi connectivity index (χ2v) is 3.39. The fourth-order valence-electron chi connectivity index (χ4n) is 1.42. The smallest absolute Gasteiger partial charge is 0.271 e. The maximum Gasteiger partial charge on any atom is 0.271 e. The molecule has 0 saturated heterocycles. The highest BCUT2D eigenvalue weighted by Gasteiger charge is 2.08. The van der Waals surface area contributed by atoms with Gasteiger partial charge in [0.05, 0.1) is 10.4 Å². The molecule has 1 heterocycles. The van der Waals surface area contributed by atoms with Crippen molar-refractivity contribution in [3.8, 4) is 0 Å². The third-order valence-electron chi connectivity index (χ3n) is 2.25. The van der Waals surface area contributed by atoms with Gasteiger partial charge >= 0.3 is 0 Å². The monoisotopic (exact) mass is 216 g/mol. The van der Waals surface area contributed by atoms with Crippen LogP contribution < -0.4 is 0 Å². The molecule has 0 aliphatic heterocycles. The average molecular weight is 216 g/mol. The summed E-state index contributed by atoms with van der Waals surface area (Å²) in [6.07, 6.45) is 0. The molecule has 2 aromatic rings. The summed E-state index contributed by atoms with van der Waals surface area (Å²) in [7, 11) is 0. The van der Waals surface area contributed by atoms with E-state index in [2.05, 4.69) is 4.98 Å². The number of carbonyl (C=O) groups excluding carboxylic acids is 1. The molecule has 2 rings (SSSR count). The third kappa shape index (κ3) is 1.75. The van der Waals surface area contributed by atoms with Crippen molar-refractivity contribution >= 4 is 22.4 Å². The van der Waals surface area contributed by atoms with Crippen LogP contribution in [-0.2, 0) is 0 Å². The molecule has 5 heteroatoms. The minimum atomic E-state index is -0.485. The number of rotatable bonds is 2. The first-order chi connectivity index (χ1) is 7.58. The number of benzene rings is 1. The van der Waals surface area contributed by atoms with Crippen LogP contribution in [0.25, 0.3) is 10.9 Å². The number of non-ortho nitro benzene ring substituents is 1. The summed E-state index contributed by atoms with van der Waals surface area (Å²) in [5, 5.41) is 11.3. The van der Waals surface area contributed by atoms with E-state index in [0.29, 0.717) is 11.2 Å². The lowest BCUT2D eigenvalue weighted by Crippen LogP contribution is -1.96. The molecule has 1 aromatic heterocycles. The van der Waals surface area contributed by atoms with Gasteiger partial charge in [0.1, 0.15) is 5.69 Å². The molecule has 0 amide bonds. The molecular weight excluding hydrogens is 208 g/mol. The van der Waals surface area contributed by atoms with Crippen LogP contribution in [0, 0.1) is 10.1 Å². The lowest BCUT2D eigenvalue weighted by molar-refractivity contribution is -0.384. The highest BCUT2D eigenvalue weighted by molar-refractivity contribution is 5.94. The predicted octanol–water partition coefficient (Wildman–Crippen LogP) is 2.35. The summed E-state index contributed by atoms with van der Waals surface area (Å²) in [6.45, 7) is 1.41. The van der Waals surface area contributed by atoms with Gasteiger partial charge in [-0.3, -0.25) is 14.9 Å². The molecule has 1 aromatic carbocycles. The lowest BCUT2D eigenvalue weighted by Gasteiger charge is -1.99. The van der Waals surface area contributed by atoms with Crippen LogP contribution in [0.2, 0.25) is 0 Å². The molecule has 0 fully saturated rings. The van der Waals surface area contributed by atoms with Crippen LogP contribution in [0.15, 0.2) is 30.3 Å². The van der Waals surface area contributed by atoms with Gasteiger partial charge in [0.15, 0.2) is 5.78 Å². The van der Waals surface area contributed by atoms with Crippen molar-refractivity contribution < 1.29 is 9.72 Å². The van der Waals surface area contributed by atoms with Gasteiger partial charge in [-0.05, 0) is 12.1 Å². The van der Waals surface area contributed by atoms with Crippen molar-refractivity contribution in [3.05, 3.63) is 46.1 Å². The number of ketones is 1. The first kappa shape index (κ1) is 10.2. The molecule has 0 aliphatic carbocycles. The number of nitro benzene ring substituents is 1. The number of nitro groups is 1. The first-order valence-electron chi connectivity index (χ1n) is 4.64. The van der Waals surface area contributed by atoms with Gasteiger partial charge in [0, 0.05) is 24.4 Å². The number of carbonyl (C=O) groups is 1. The van der Waals surface area contributed by atoms with E-state index in [1.54, 1.807) is 18.2 Å². The van der Waals surface area contributed by atoms with E-state index in [-0.39, 0.29) is 11.5 Å². The van der Waals surface area contributed by atoms with Gasteiger partial charge in [-0.2, -0.15) is 0 Å². The molecule has 0 spiro atoms. The minimum Gasteiger partial charge on any atom is -0.293 e. The van der Waals surface area contributed by atoms with Crippen LogP contribution >= 0.6 is 0 Å². The van der Waals surface area contributed by atoms with Crippen molar-refractivity contribution in [2.45, 2.75) is 6.92 Å². The van der Waals surface area contributed by atoms with Gasteiger partial charge in [-0.25, -0.2) is 4.98 Å². The van der Waals surface area contributed by atoms with Crippen molar-refractivity contribution in [1.82, 2.24) is 4.98 Å². The Bertz CT molecular complexity index is 544. The average Bonchev–Trinajstić information content (AvgIpc) is 2.27. The zero-order valence-electron chi connectivity index (χ0n) is 8.51. The van der Waals surface area contributed by atoms with Crippen molar-refractivity contribution in [1.29, 1.82) is 0 Å². The lowest BCUT2D eigenvalue weighted by atomic mass is 10.1. The van der Waals surface area contributed by atoms with Crippen LogP contribution in [0.1, 0.15) is 17.4 Å². The van der Waals surface area contributed by atoms with Crippen molar-refractivity contribution in [2.24, 2.45) is 0 Å². The van der Waals surface area contributed by atoms with Crippen LogP contribution in [0.5, 0.6) is 0 Å². The second-order valence-electron chi connectivity index (χ2n) is 3.39. The Morgan fingerprint density at radius 3 is 2.62 bits per heavy atom. The molecule has 0 atom stereocenters. The van der Waals surface area contributed by atoms with E-state index in [4.69, 9.17) is 0 Å².